The average Bonchev–Trinajstić information content (AvgIpc) is 2.50. The second-order valence-corrected chi connectivity index (χ2v) is 5.80. The summed E-state index contributed by atoms with van der Waals surface area (Å²) >= 11 is 0. The summed E-state index contributed by atoms with van der Waals surface area (Å²) in [6, 6.07) is 9.75. The first-order chi connectivity index (χ1) is 9.81. The number of unbranched alkanes of at least 4 members (excludes halogenated alkanes) is 4. The lowest BCUT2D eigenvalue weighted by Crippen LogP contribution is -2.22. The minimum Gasteiger partial charge on any atom is -0.310 e. The van der Waals surface area contributed by atoms with Crippen molar-refractivity contribution in [3.63, 3.8) is 0 Å². The van der Waals surface area contributed by atoms with E-state index >= 15 is 0 Å². The van der Waals surface area contributed by atoms with Gasteiger partial charge < -0.3 is 5.32 Å². The summed E-state index contributed by atoms with van der Waals surface area (Å²) in [5.74, 6) is 0. The summed E-state index contributed by atoms with van der Waals surface area (Å²) < 4.78 is 0. The highest BCUT2D eigenvalue weighted by Crippen LogP contribution is 2.21. The number of benzene rings is 1. The van der Waals surface area contributed by atoms with Gasteiger partial charge in [0.15, 0.2) is 0 Å². The topological polar surface area (TPSA) is 12.0 Å². The maximum absolute atomic E-state index is 3.71. The van der Waals surface area contributed by atoms with Gasteiger partial charge in [-0.25, -0.2) is 0 Å². The van der Waals surface area contributed by atoms with Gasteiger partial charge in [0.2, 0.25) is 0 Å². The van der Waals surface area contributed by atoms with Crippen molar-refractivity contribution in [2.45, 2.75) is 78.2 Å². The molecule has 0 bridgehead atoms. The third-order valence-corrected chi connectivity index (χ3v) is 4.03. The Bertz CT molecular complexity index is 328. The summed E-state index contributed by atoms with van der Waals surface area (Å²) in [5.41, 5.74) is 2.90. The van der Waals surface area contributed by atoms with Crippen LogP contribution in [-0.4, -0.2) is 6.54 Å². The van der Waals surface area contributed by atoms with Crippen molar-refractivity contribution in [3.8, 4) is 0 Å². The predicted octanol–water partition coefficient (Wildman–Crippen LogP) is 5.65. The van der Waals surface area contributed by atoms with Crippen molar-refractivity contribution in [2.75, 3.05) is 6.54 Å². The molecule has 0 aliphatic rings. The van der Waals surface area contributed by atoms with Crippen LogP contribution in [0.4, 0.5) is 0 Å². The Morgan fingerprint density at radius 1 is 0.850 bits per heavy atom. The number of rotatable bonds is 11. The van der Waals surface area contributed by atoms with E-state index in [9.17, 15) is 0 Å². The predicted molar refractivity (Wildman–Crippen MR) is 90.2 cm³/mol. The molecule has 0 aromatic heterocycles. The maximum atomic E-state index is 3.71. The first-order valence-electron chi connectivity index (χ1n) is 8.64. The van der Waals surface area contributed by atoms with Crippen LogP contribution >= 0.6 is 0 Å². The quantitative estimate of drug-likeness (QED) is 0.514. The zero-order valence-electron chi connectivity index (χ0n) is 13.8. The Morgan fingerprint density at radius 3 is 2.15 bits per heavy atom. The van der Waals surface area contributed by atoms with Crippen LogP contribution in [-0.2, 0) is 6.42 Å². The van der Waals surface area contributed by atoms with E-state index in [0.29, 0.717) is 6.04 Å². The Balaban J connectivity index is 2.48. The SMILES string of the molecule is CCCCCCCC(NCCC)c1ccc(CC)cc1. The largest absolute Gasteiger partial charge is 0.310 e. The molecule has 1 heteroatoms. The van der Waals surface area contributed by atoms with Crippen LogP contribution in [0.25, 0.3) is 0 Å². The van der Waals surface area contributed by atoms with Crippen LogP contribution in [0, 0.1) is 0 Å². The van der Waals surface area contributed by atoms with Crippen LogP contribution in [0.3, 0.4) is 0 Å². The zero-order chi connectivity index (χ0) is 14.6. The fourth-order valence-electron chi connectivity index (χ4n) is 2.64. The molecule has 0 aliphatic heterocycles. The Kier molecular flexibility index (Phi) is 9.40. The van der Waals surface area contributed by atoms with Gasteiger partial charge in [0.1, 0.15) is 0 Å². The molecule has 114 valence electrons. The summed E-state index contributed by atoms with van der Waals surface area (Å²) in [5, 5.41) is 3.71. The van der Waals surface area contributed by atoms with Crippen molar-refractivity contribution in [1.29, 1.82) is 0 Å². The lowest BCUT2D eigenvalue weighted by atomic mass is 9.98. The van der Waals surface area contributed by atoms with Crippen molar-refractivity contribution < 1.29 is 0 Å². The third kappa shape index (κ3) is 6.56. The molecular formula is C19H33N. The van der Waals surface area contributed by atoms with Crippen LogP contribution in [0.5, 0.6) is 0 Å². The summed E-state index contributed by atoms with van der Waals surface area (Å²) in [7, 11) is 0. The van der Waals surface area contributed by atoms with Gasteiger partial charge in [0.25, 0.3) is 0 Å². The van der Waals surface area contributed by atoms with Crippen LogP contribution in [0.2, 0.25) is 0 Å². The van der Waals surface area contributed by atoms with Crippen LogP contribution in [0.1, 0.15) is 82.9 Å². The first kappa shape index (κ1) is 17.2. The van der Waals surface area contributed by atoms with Gasteiger partial charge in [-0.1, -0.05) is 77.1 Å². The molecule has 0 radical (unpaired) electrons. The molecule has 1 aromatic rings. The minimum absolute atomic E-state index is 0.544. The highest BCUT2D eigenvalue weighted by molar-refractivity contribution is 5.25. The molecule has 0 aliphatic carbocycles. The molecule has 0 spiro atoms. The number of hydrogen-bond donors (Lipinski definition) is 1. The van der Waals surface area contributed by atoms with Crippen molar-refractivity contribution in [3.05, 3.63) is 35.4 Å². The van der Waals surface area contributed by atoms with Crippen molar-refractivity contribution in [2.24, 2.45) is 0 Å². The molecule has 1 atom stereocenters. The van der Waals surface area contributed by atoms with Crippen LogP contribution < -0.4 is 5.32 Å². The van der Waals surface area contributed by atoms with Gasteiger partial charge in [0, 0.05) is 6.04 Å². The lowest BCUT2D eigenvalue weighted by Gasteiger charge is -2.19. The standard InChI is InChI=1S/C19H33N/c1-4-7-8-9-10-11-19(20-16-5-2)18-14-12-17(6-3)13-15-18/h12-15,19-20H,4-11,16H2,1-3H3. The van der Waals surface area contributed by atoms with Crippen molar-refractivity contribution in [1.82, 2.24) is 5.32 Å². The van der Waals surface area contributed by atoms with E-state index < -0.39 is 0 Å². The van der Waals surface area contributed by atoms with Gasteiger partial charge in [0.05, 0.1) is 0 Å². The van der Waals surface area contributed by atoms with Gasteiger partial charge in [-0.2, -0.15) is 0 Å². The zero-order valence-corrected chi connectivity index (χ0v) is 13.8. The average molecular weight is 275 g/mol. The monoisotopic (exact) mass is 275 g/mol. The van der Waals surface area contributed by atoms with E-state index in [1.165, 1.54) is 56.1 Å². The van der Waals surface area contributed by atoms with E-state index in [1.807, 2.05) is 0 Å². The molecule has 0 heterocycles. The molecule has 1 rings (SSSR count). The Labute approximate surface area is 126 Å². The smallest absolute Gasteiger partial charge is 0.0320 e. The van der Waals surface area contributed by atoms with E-state index in [4.69, 9.17) is 0 Å². The molecule has 1 aromatic carbocycles. The van der Waals surface area contributed by atoms with E-state index in [1.54, 1.807) is 0 Å². The van der Waals surface area contributed by atoms with Crippen molar-refractivity contribution >= 4 is 0 Å². The van der Waals surface area contributed by atoms with Gasteiger partial charge in [-0.05, 0) is 36.9 Å². The normalized spacial score (nSPS) is 12.6. The molecule has 1 N–H and O–H groups in total. The fourth-order valence-corrected chi connectivity index (χ4v) is 2.64. The summed E-state index contributed by atoms with van der Waals surface area (Å²) in [6.07, 6.45) is 10.4. The first-order valence-corrected chi connectivity index (χ1v) is 8.64. The van der Waals surface area contributed by atoms with E-state index in [-0.39, 0.29) is 0 Å². The summed E-state index contributed by atoms with van der Waals surface area (Å²) in [4.78, 5) is 0. The summed E-state index contributed by atoms with van der Waals surface area (Å²) in [6.45, 7) is 7.86. The molecule has 1 nitrogen and oxygen atoms in total. The second kappa shape index (κ2) is 10.9. The van der Waals surface area contributed by atoms with Gasteiger partial charge >= 0.3 is 0 Å². The minimum atomic E-state index is 0.544. The number of nitrogens with one attached hydrogen (secondary N) is 1. The number of aryl methyl sites for hydroxylation is 1. The highest BCUT2D eigenvalue weighted by Gasteiger charge is 2.10. The molecule has 0 saturated heterocycles. The van der Waals surface area contributed by atoms with E-state index in [0.717, 1.165) is 13.0 Å². The van der Waals surface area contributed by atoms with E-state index in [2.05, 4.69) is 50.4 Å². The lowest BCUT2D eigenvalue weighted by molar-refractivity contribution is 0.468. The fraction of sp³-hybridized carbons (Fsp3) is 0.684. The Morgan fingerprint density at radius 2 is 1.55 bits per heavy atom. The van der Waals surface area contributed by atoms with Gasteiger partial charge in [-0.15, -0.1) is 0 Å². The molecule has 0 fully saturated rings. The molecule has 1 unspecified atom stereocenters. The second-order valence-electron chi connectivity index (χ2n) is 5.80. The van der Waals surface area contributed by atoms with Gasteiger partial charge in [-0.3, -0.25) is 0 Å². The maximum Gasteiger partial charge on any atom is 0.0320 e. The third-order valence-electron chi connectivity index (χ3n) is 4.03. The number of hydrogen-bond acceptors (Lipinski definition) is 1. The Hall–Kier alpha value is -0.820. The molecular weight excluding hydrogens is 242 g/mol. The molecule has 20 heavy (non-hydrogen) atoms. The highest BCUT2D eigenvalue weighted by atomic mass is 14.9. The molecule has 0 amide bonds. The molecule has 0 saturated carbocycles. The van der Waals surface area contributed by atoms with Crippen LogP contribution in [0.15, 0.2) is 24.3 Å².